The summed E-state index contributed by atoms with van der Waals surface area (Å²) >= 11 is 0. The Morgan fingerprint density at radius 2 is 1.83 bits per heavy atom. The van der Waals surface area contributed by atoms with Crippen molar-refractivity contribution in [1.82, 2.24) is 0 Å². The van der Waals surface area contributed by atoms with E-state index in [4.69, 9.17) is 4.43 Å². The first-order valence-electron chi connectivity index (χ1n) is 6.84. The summed E-state index contributed by atoms with van der Waals surface area (Å²) in [7, 11) is -1.68. The van der Waals surface area contributed by atoms with Crippen LogP contribution in [0.1, 0.15) is 27.2 Å². The fourth-order valence-electron chi connectivity index (χ4n) is 2.54. The van der Waals surface area contributed by atoms with Crippen LogP contribution in [0.5, 0.6) is 0 Å². The molecule has 1 atom stereocenters. The molecule has 1 aromatic rings. The van der Waals surface area contributed by atoms with Crippen molar-refractivity contribution in [2.45, 2.75) is 45.4 Å². The molecule has 1 nitrogen and oxygen atoms in total. The van der Waals surface area contributed by atoms with Crippen LogP contribution in [0, 0.1) is 5.41 Å². The Bertz CT molecular complexity index is 401. The van der Waals surface area contributed by atoms with Crippen molar-refractivity contribution < 1.29 is 4.43 Å². The van der Waals surface area contributed by atoms with Gasteiger partial charge in [0.05, 0.1) is 6.10 Å². The van der Waals surface area contributed by atoms with Gasteiger partial charge in [0.2, 0.25) is 8.32 Å². The van der Waals surface area contributed by atoms with E-state index in [1.807, 2.05) is 6.08 Å². The molecule has 1 unspecified atom stereocenters. The second kappa shape index (κ2) is 5.02. The lowest BCUT2D eigenvalue weighted by Gasteiger charge is -2.44. The Morgan fingerprint density at radius 1 is 1.22 bits per heavy atom. The van der Waals surface area contributed by atoms with Crippen molar-refractivity contribution in [2.24, 2.45) is 5.41 Å². The Balaban J connectivity index is 2.22. The highest BCUT2D eigenvalue weighted by molar-refractivity contribution is 6.88. The van der Waals surface area contributed by atoms with E-state index >= 15 is 0 Å². The SMILES string of the molecule is C=CC(O[Si]1(c2ccccc2)CCC1)C(C)(C)C. The van der Waals surface area contributed by atoms with Crippen LogP contribution in [0.2, 0.25) is 12.1 Å². The van der Waals surface area contributed by atoms with Gasteiger partial charge in [0.1, 0.15) is 0 Å². The molecule has 18 heavy (non-hydrogen) atoms. The maximum atomic E-state index is 6.59. The molecular weight excluding hydrogens is 236 g/mol. The topological polar surface area (TPSA) is 9.23 Å². The van der Waals surface area contributed by atoms with E-state index < -0.39 is 8.32 Å². The van der Waals surface area contributed by atoms with E-state index in [0.717, 1.165) is 0 Å². The molecule has 98 valence electrons. The van der Waals surface area contributed by atoms with Crippen LogP contribution in [-0.2, 0) is 4.43 Å². The molecule has 0 aliphatic carbocycles. The Labute approximate surface area is 112 Å². The van der Waals surface area contributed by atoms with Crippen LogP contribution in [0.15, 0.2) is 43.0 Å². The third-order valence-electron chi connectivity index (χ3n) is 3.88. The van der Waals surface area contributed by atoms with Gasteiger partial charge in [-0.05, 0) is 22.7 Å². The molecule has 1 heterocycles. The lowest BCUT2D eigenvalue weighted by Crippen LogP contribution is -2.58. The van der Waals surface area contributed by atoms with Crippen LogP contribution in [0.4, 0.5) is 0 Å². The predicted octanol–water partition coefficient (Wildman–Crippen LogP) is 3.86. The molecule has 2 rings (SSSR count). The van der Waals surface area contributed by atoms with Crippen molar-refractivity contribution in [1.29, 1.82) is 0 Å². The average Bonchev–Trinajstić information content (AvgIpc) is 2.28. The van der Waals surface area contributed by atoms with Crippen LogP contribution in [0.3, 0.4) is 0 Å². The summed E-state index contributed by atoms with van der Waals surface area (Å²) in [6.45, 7) is 10.6. The Morgan fingerprint density at radius 3 is 2.22 bits per heavy atom. The first-order chi connectivity index (χ1) is 8.48. The number of hydrogen-bond acceptors (Lipinski definition) is 1. The molecule has 0 N–H and O–H groups in total. The zero-order chi connectivity index (χ0) is 13.2. The van der Waals surface area contributed by atoms with Crippen molar-refractivity contribution in [2.75, 3.05) is 0 Å². The second-order valence-electron chi connectivity index (χ2n) is 6.35. The highest BCUT2D eigenvalue weighted by Gasteiger charge is 2.46. The first kappa shape index (κ1) is 13.6. The van der Waals surface area contributed by atoms with E-state index in [9.17, 15) is 0 Å². The van der Waals surface area contributed by atoms with Gasteiger partial charge in [0.25, 0.3) is 0 Å². The Kier molecular flexibility index (Phi) is 3.78. The smallest absolute Gasteiger partial charge is 0.225 e. The molecule has 0 aromatic heterocycles. The molecule has 1 saturated heterocycles. The molecule has 0 amide bonds. The van der Waals surface area contributed by atoms with Crippen LogP contribution >= 0.6 is 0 Å². The van der Waals surface area contributed by atoms with E-state index in [1.165, 1.54) is 23.7 Å². The predicted molar refractivity (Wildman–Crippen MR) is 80.6 cm³/mol. The first-order valence-corrected chi connectivity index (χ1v) is 9.16. The number of rotatable bonds is 4. The third kappa shape index (κ3) is 2.60. The largest absolute Gasteiger partial charge is 0.406 e. The van der Waals surface area contributed by atoms with Gasteiger partial charge in [-0.2, -0.15) is 0 Å². The monoisotopic (exact) mass is 260 g/mol. The van der Waals surface area contributed by atoms with E-state index in [2.05, 4.69) is 57.7 Å². The van der Waals surface area contributed by atoms with Gasteiger partial charge in [0, 0.05) is 0 Å². The Hall–Kier alpha value is -0.863. The summed E-state index contributed by atoms with van der Waals surface area (Å²) in [5.74, 6) is 0. The molecule has 1 fully saturated rings. The number of benzene rings is 1. The summed E-state index contributed by atoms with van der Waals surface area (Å²) in [6, 6.07) is 13.4. The maximum Gasteiger partial charge on any atom is 0.225 e. The zero-order valence-electron chi connectivity index (χ0n) is 11.8. The summed E-state index contributed by atoms with van der Waals surface area (Å²) in [5, 5.41) is 1.45. The maximum absolute atomic E-state index is 6.59. The van der Waals surface area contributed by atoms with Gasteiger partial charge in [-0.1, -0.05) is 63.6 Å². The van der Waals surface area contributed by atoms with Gasteiger partial charge in [-0.3, -0.25) is 0 Å². The minimum atomic E-state index is -1.68. The van der Waals surface area contributed by atoms with Crippen LogP contribution in [-0.4, -0.2) is 14.4 Å². The molecule has 2 heteroatoms. The average molecular weight is 260 g/mol. The highest BCUT2D eigenvalue weighted by atomic mass is 28.4. The molecule has 1 aliphatic rings. The summed E-state index contributed by atoms with van der Waals surface area (Å²) < 4.78 is 6.59. The molecule has 0 bridgehead atoms. The molecular formula is C16H24OSi. The lowest BCUT2D eigenvalue weighted by atomic mass is 9.89. The normalized spacial score (nSPS) is 19.9. The molecule has 0 spiro atoms. The molecule has 1 aromatic carbocycles. The molecule has 1 aliphatic heterocycles. The van der Waals surface area contributed by atoms with E-state index in [1.54, 1.807) is 0 Å². The van der Waals surface area contributed by atoms with Crippen LogP contribution in [0.25, 0.3) is 0 Å². The minimum absolute atomic E-state index is 0.131. The van der Waals surface area contributed by atoms with Gasteiger partial charge >= 0.3 is 0 Å². The minimum Gasteiger partial charge on any atom is -0.406 e. The summed E-state index contributed by atoms with van der Waals surface area (Å²) in [4.78, 5) is 0. The summed E-state index contributed by atoms with van der Waals surface area (Å²) in [6.07, 6.45) is 3.45. The highest BCUT2D eigenvalue weighted by Crippen LogP contribution is 2.37. The van der Waals surface area contributed by atoms with Crippen molar-refractivity contribution in [3.05, 3.63) is 43.0 Å². The zero-order valence-corrected chi connectivity index (χ0v) is 12.8. The van der Waals surface area contributed by atoms with Gasteiger partial charge in [0.15, 0.2) is 0 Å². The number of hydrogen-bond donors (Lipinski definition) is 0. The fourth-order valence-corrected chi connectivity index (χ4v) is 6.22. The summed E-state index contributed by atoms with van der Waals surface area (Å²) in [5.41, 5.74) is 0.131. The van der Waals surface area contributed by atoms with Gasteiger partial charge in [-0.15, -0.1) is 6.58 Å². The van der Waals surface area contributed by atoms with Gasteiger partial charge in [-0.25, -0.2) is 0 Å². The van der Waals surface area contributed by atoms with Gasteiger partial charge < -0.3 is 4.43 Å². The second-order valence-corrected chi connectivity index (χ2v) is 10.2. The molecule has 0 radical (unpaired) electrons. The van der Waals surface area contributed by atoms with Crippen molar-refractivity contribution in [3.8, 4) is 0 Å². The van der Waals surface area contributed by atoms with Crippen molar-refractivity contribution >= 4 is 13.5 Å². The lowest BCUT2D eigenvalue weighted by molar-refractivity contribution is 0.116. The standard InChI is InChI=1S/C16H24OSi/c1-5-15(16(2,3)4)17-18(12-9-13-18)14-10-7-6-8-11-14/h5-8,10-11,15H,1,9,12-13H2,2-4H3. The molecule has 0 saturated carbocycles. The van der Waals surface area contributed by atoms with Crippen LogP contribution < -0.4 is 5.19 Å². The third-order valence-corrected chi connectivity index (χ3v) is 8.29. The fraction of sp³-hybridized carbons (Fsp3) is 0.500. The quantitative estimate of drug-likeness (QED) is 0.590. The van der Waals surface area contributed by atoms with Crippen molar-refractivity contribution in [3.63, 3.8) is 0 Å². The van der Waals surface area contributed by atoms with E-state index in [0.29, 0.717) is 0 Å². The van der Waals surface area contributed by atoms with E-state index in [-0.39, 0.29) is 11.5 Å².